The molecule has 1 aromatic rings. The molecule has 5 nitrogen and oxygen atoms in total. The molecule has 0 aliphatic heterocycles. The summed E-state index contributed by atoms with van der Waals surface area (Å²) >= 11 is 8.59. The van der Waals surface area contributed by atoms with Crippen molar-refractivity contribution >= 4 is 45.0 Å². The molecule has 0 unspecified atom stereocenters. The molecule has 0 N–H and O–H groups in total. The van der Waals surface area contributed by atoms with Gasteiger partial charge in [-0.1, -0.05) is 11.6 Å². The van der Waals surface area contributed by atoms with Gasteiger partial charge in [0.2, 0.25) is 6.08 Å². The molecule has 0 radical (unpaired) electrons. The maximum absolute atomic E-state index is 10.6. The SMILES string of the molecule is O=C=Nc1c(Br)ccc(Cl)c1[N+](=O)[O-]. The average Bonchev–Trinajstić information content (AvgIpc) is 2.11. The van der Waals surface area contributed by atoms with Crippen LogP contribution < -0.4 is 0 Å². The van der Waals surface area contributed by atoms with Gasteiger partial charge in [0.25, 0.3) is 0 Å². The first-order chi connectivity index (χ1) is 6.57. The molecular formula is C7H2BrClN2O3. The van der Waals surface area contributed by atoms with Gasteiger partial charge in [-0.15, -0.1) is 0 Å². The largest absolute Gasteiger partial charge is 0.315 e. The van der Waals surface area contributed by atoms with Crippen molar-refractivity contribution in [2.75, 3.05) is 0 Å². The third kappa shape index (κ3) is 1.98. The van der Waals surface area contributed by atoms with Crippen LogP contribution in [0.5, 0.6) is 0 Å². The Hall–Kier alpha value is -1.23. The van der Waals surface area contributed by atoms with Crippen molar-refractivity contribution in [3.63, 3.8) is 0 Å². The quantitative estimate of drug-likeness (QED) is 0.361. The van der Waals surface area contributed by atoms with E-state index in [2.05, 4.69) is 20.9 Å². The summed E-state index contributed by atoms with van der Waals surface area (Å²) in [6.07, 6.45) is 1.23. The Morgan fingerprint density at radius 2 is 2.21 bits per heavy atom. The molecule has 0 aromatic heterocycles. The van der Waals surface area contributed by atoms with Crippen LogP contribution in [0.1, 0.15) is 0 Å². The van der Waals surface area contributed by atoms with Gasteiger partial charge in [0.1, 0.15) is 5.02 Å². The Bertz CT molecular complexity index is 416. The Balaban J connectivity index is 3.57. The lowest BCUT2D eigenvalue weighted by molar-refractivity contribution is -0.383. The topological polar surface area (TPSA) is 72.6 Å². The van der Waals surface area contributed by atoms with Crippen LogP contribution in [-0.4, -0.2) is 11.0 Å². The van der Waals surface area contributed by atoms with Gasteiger partial charge >= 0.3 is 5.69 Å². The number of hydrogen-bond donors (Lipinski definition) is 0. The number of aliphatic imine (C=N–C) groups is 1. The zero-order valence-electron chi connectivity index (χ0n) is 6.53. The van der Waals surface area contributed by atoms with Gasteiger partial charge in [0.05, 0.1) is 9.40 Å². The van der Waals surface area contributed by atoms with Crippen molar-refractivity contribution in [1.29, 1.82) is 0 Å². The number of benzene rings is 1. The van der Waals surface area contributed by atoms with E-state index in [1.54, 1.807) is 0 Å². The predicted molar refractivity (Wildman–Crippen MR) is 53.6 cm³/mol. The molecule has 72 valence electrons. The molecule has 0 spiro atoms. The predicted octanol–water partition coefficient (Wildman–Crippen LogP) is 2.98. The summed E-state index contributed by atoms with van der Waals surface area (Å²) in [5.74, 6) is 0. The first kappa shape index (κ1) is 10.8. The van der Waals surface area contributed by atoms with E-state index in [0.29, 0.717) is 4.47 Å². The number of isocyanates is 1. The number of nitro benzene ring substituents is 1. The van der Waals surface area contributed by atoms with Crippen LogP contribution in [0.25, 0.3) is 0 Å². The molecule has 0 bridgehead atoms. The van der Waals surface area contributed by atoms with E-state index in [1.807, 2.05) is 0 Å². The molecule has 0 fully saturated rings. The standard InChI is InChI=1S/C7H2BrClN2O3/c8-4-1-2-5(9)7(11(13)14)6(4)10-3-12/h1-2H. The number of hydrogen-bond acceptors (Lipinski definition) is 4. The molecule has 7 heteroatoms. The van der Waals surface area contributed by atoms with E-state index in [9.17, 15) is 14.9 Å². The Kier molecular flexibility index (Phi) is 3.35. The zero-order chi connectivity index (χ0) is 10.7. The molecule has 0 amide bonds. The fourth-order valence-corrected chi connectivity index (χ4v) is 1.49. The molecule has 0 saturated carbocycles. The highest BCUT2D eigenvalue weighted by Crippen LogP contribution is 2.39. The second-order valence-electron chi connectivity index (χ2n) is 2.19. The van der Waals surface area contributed by atoms with Crippen LogP contribution in [0, 0.1) is 10.1 Å². The maximum atomic E-state index is 10.6. The molecule has 0 heterocycles. The molecule has 1 aromatic carbocycles. The summed E-state index contributed by atoms with van der Waals surface area (Å²) < 4.78 is 0.317. The van der Waals surface area contributed by atoms with Gasteiger partial charge in [0.15, 0.2) is 5.69 Å². The minimum atomic E-state index is -0.705. The van der Waals surface area contributed by atoms with E-state index >= 15 is 0 Å². The normalized spacial score (nSPS) is 9.29. The number of nitrogens with zero attached hydrogens (tertiary/aromatic N) is 2. The van der Waals surface area contributed by atoms with Gasteiger partial charge in [-0.2, -0.15) is 4.99 Å². The minimum absolute atomic E-state index is 0.0767. The number of rotatable bonds is 2. The molecule has 0 saturated heterocycles. The minimum Gasteiger partial charge on any atom is -0.258 e. The highest BCUT2D eigenvalue weighted by molar-refractivity contribution is 9.10. The lowest BCUT2D eigenvalue weighted by atomic mass is 10.3. The van der Waals surface area contributed by atoms with Crippen molar-refractivity contribution < 1.29 is 9.72 Å². The maximum Gasteiger partial charge on any atom is 0.315 e. The van der Waals surface area contributed by atoms with Crippen LogP contribution in [0.3, 0.4) is 0 Å². The van der Waals surface area contributed by atoms with E-state index in [0.717, 1.165) is 0 Å². The van der Waals surface area contributed by atoms with Crippen molar-refractivity contribution in [2.45, 2.75) is 0 Å². The van der Waals surface area contributed by atoms with Crippen LogP contribution >= 0.6 is 27.5 Å². The van der Waals surface area contributed by atoms with Gasteiger partial charge in [-0.3, -0.25) is 10.1 Å². The van der Waals surface area contributed by atoms with Crippen molar-refractivity contribution in [3.05, 3.63) is 31.7 Å². The third-order valence-electron chi connectivity index (χ3n) is 1.39. The molecule has 14 heavy (non-hydrogen) atoms. The molecule has 0 aliphatic carbocycles. The van der Waals surface area contributed by atoms with Crippen molar-refractivity contribution in [2.24, 2.45) is 4.99 Å². The number of halogens is 2. The van der Waals surface area contributed by atoms with E-state index < -0.39 is 10.6 Å². The molecule has 0 aliphatic rings. The van der Waals surface area contributed by atoms with E-state index in [4.69, 9.17) is 11.6 Å². The van der Waals surface area contributed by atoms with Crippen LogP contribution in [0.4, 0.5) is 11.4 Å². The Morgan fingerprint density at radius 1 is 1.57 bits per heavy atom. The van der Waals surface area contributed by atoms with Crippen molar-refractivity contribution in [1.82, 2.24) is 0 Å². The fraction of sp³-hybridized carbons (Fsp3) is 0. The van der Waals surface area contributed by atoms with Gasteiger partial charge in [-0.05, 0) is 28.1 Å². The highest BCUT2D eigenvalue weighted by Gasteiger charge is 2.21. The van der Waals surface area contributed by atoms with Gasteiger partial charge in [-0.25, -0.2) is 4.79 Å². The average molecular weight is 277 g/mol. The molecule has 1 rings (SSSR count). The van der Waals surface area contributed by atoms with E-state index in [-0.39, 0.29) is 10.7 Å². The third-order valence-corrected chi connectivity index (χ3v) is 2.34. The number of nitro groups is 1. The molecular weight excluding hydrogens is 275 g/mol. The first-order valence-electron chi connectivity index (χ1n) is 3.28. The molecule has 0 atom stereocenters. The summed E-state index contributed by atoms with van der Waals surface area (Å²) in [7, 11) is 0. The zero-order valence-corrected chi connectivity index (χ0v) is 8.87. The highest BCUT2D eigenvalue weighted by atomic mass is 79.9. The summed E-state index contributed by atoms with van der Waals surface area (Å²) in [4.78, 5) is 23.1. The monoisotopic (exact) mass is 276 g/mol. The summed E-state index contributed by atoms with van der Waals surface area (Å²) in [5, 5.41) is 10.5. The lowest BCUT2D eigenvalue weighted by Gasteiger charge is -1.99. The summed E-state index contributed by atoms with van der Waals surface area (Å²) in [6, 6.07) is 2.80. The first-order valence-corrected chi connectivity index (χ1v) is 4.45. The van der Waals surface area contributed by atoms with E-state index in [1.165, 1.54) is 18.2 Å². The van der Waals surface area contributed by atoms with Crippen LogP contribution in [0.2, 0.25) is 5.02 Å². The Labute approximate surface area is 91.7 Å². The van der Waals surface area contributed by atoms with Gasteiger partial charge < -0.3 is 0 Å². The van der Waals surface area contributed by atoms with Gasteiger partial charge in [0, 0.05) is 0 Å². The number of carbonyl (C=O) groups excluding carboxylic acids is 1. The fourth-order valence-electron chi connectivity index (χ4n) is 0.856. The summed E-state index contributed by atoms with van der Waals surface area (Å²) in [5.41, 5.74) is -0.540. The lowest BCUT2D eigenvalue weighted by Crippen LogP contribution is -1.90. The Morgan fingerprint density at radius 3 is 2.71 bits per heavy atom. The van der Waals surface area contributed by atoms with Crippen LogP contribution in [0.15, 0.2) is 21.6 Å². The van der Waals surface area contributed by atoms with Crippen LogP contribution in [-0.2, 0) is 4.79 Å². The smallest absolute Gasteiger partial charge is 0.258 e. The summed E-state index contributed by atoms with van der Waals surface area (Å²) in [6.45, 7) is 0. The van der Waals surface area contributed by atoms with Crippen molar-refractivity contribution in [3.8, 4) is 0 Å². The second kappa shape index (κ2) is 4.32. The second-order valence-corrected chi connectivity index (χ2v) is 3.45.